The molecule has 0 spiro atoms. The SMILES string of the molecule is COC1CC/N=C(/N)N(C)C(Cc2ccc(-c3cc(F)ccc3C)cc2C)C1. The van der Waals surface area contributed by atoms with Crippen molar-refractivity contribution in [2.45, 2.75) is 45.3 Å². The van der Waals surface area contributed by atoms with Gasteiger partial charge in [0.1, 0.15) is 5.82 Å². The summed E-state index contributed by atoms with van der Waals surface area (Å²) in [6.45, 7) is 4.82. The number of benzene rings is 2. The number of likely N-dealkylation sites (N-methyl/N-ethyl adjacent to an activating group) is 1. The summed E-state index contributed by atoms with van der Waals surface area (Å²) in [5, 5.41) is 0. The predicted molar refractivity (Wildman–Crippen MR) is 113 cm³/mol. The number of aliphatic imine (C=N–C) groups is 1. The minimum atomic E-state index is -0.209. The summed E-state index contributed by atoms with van der Waals surface area (Å²) in [5.41, 5.74) is 11.7. The molecular weight excluding hydrogens is 353 g/mol. The molecule has 5 heteroatoms. The molecule has 1 aliphatic heterocycles. The third-order valence-electron chi connectivity index (χ3n) is 5.81. The number of ether oxygens (including phenoxy) is 1. The summed E-state index contributed by atoms with van der Waals surface area (Å²) >= 11 is 0. The Kier molecular flexibility index (Phi) is 6.35. The van der Waals surface area contributed by atoms with Gasteiger partial charge in [-0.2, -0.15) is 0 Å². The van der Waals surface area contributed by atoms with E-state index in [-0.39, 0.29) is 18.0 Å². The number of methoxy groups -OCH3 is 1. The van der Waals surface area contributed by atoms with E-state index in [2.05, 4.69) is 35.0 Å². The van der Waals surface area contributed by atoms with Crippen molar-refractivity contribution >= 4 is 5.96 Å². The average molecular weight is 384 g/mol. The molecule has 4 nitrogen and oxygen atoms in total. The topological polar surface area (TPSA) is 50.9 Å². The summed E-state index contributed by atoms with van der Waals surface area (Å²) in [6.07, 6.45) is 2.84. The lowest BCUT2D eigenvalue weighted by atomic mass is 9.92. The summed E-state index contributed by atoms with van der Waals surface area (Å²) in [5.74, 6) is 0.378. The van der Waals surface area contributed by atoms with E-state index in [1.807, 2.05) is 20.0 Å². The molecule has 0 radical (unpaired) electrons. The molecule has 2 unspecified atom stereocenters. The maximum absolute atomic E-state index is 13.7. The first-order chi connectivity index (χ1) is 13.4. The van der Waals surface area contributed by atoms with Crippen molar-refractivity contribution in [1.29, 1.82) is 0 Å². The third-order valence-corrected chi connectivity index (χ3v) is 5.81. The number of rotatable bonds is 4. The molecule has 2 aromatic carbocycles. The largest absolute Gasteiger partial charge is 0.381 e. The van der Waals surface area contributed by atoms with Gasteiger partial charge in [-0.25, -0.2) is 4.39 Å². The zero-order valence-corrected chi connectivity index (χ0v) is 17.2. The molecule has 0 bridgehead atoms. The first-order valence-corrected chi connectivity index (χ1v) is 9.80. The van der Waals surface area contributed by atoms with Crippen LogP contribution in [0.4, 0.5) is 4.39 Å². The summed E-state index contributed by atoms with van der Waals surface area (Å²) in [4.78, 5) is 6.52. The summed E-state index contributed by atoms with van der Waals surface area (Å²) in [6, 6.07) is 11.5. The van der Waals surface area contributed by atoms with Crippen LogP contribution in [0.1, 0.15) is 29.5 Å². The molecule has 0 fully saturated rings. The molecule has 0 saturated carbocycles. The van der Waals surface area contributed by atoms with Crippen molar-refractivity contribution in [3.05, 3.63) is 58.9 Å². The molecule has 2 N–H and O–H groups in total. The van der Waals surface area contributed by atoms with E-state index < -0.39 is 0 Å². The molecule has 150 valence electrons. The number of hydrogen-bond acceptors (Lipinski definition) is 4. The van der Waals surface area contributed by atoms with Crippen molar-refractivity contribution in [1.82, 2.24) is 4.90 Å². The first-order valence-electron chi connectivity index (χ1n) is 9.80. The van der Waals surface area contributed by atoms with Gasteiger partial charge in [-0.1, -0.05) is 24.3 Å². The van der Waals surface area contributed by atoms with Crippen LogP contribution in [0.3, 0.4) is 0 Å². The maximum Gasteiger partial charge on any atom is 0.191 e. The Labute approximate surface area is 167 Å². The molecule has 1 heterocycles. The smallest absolute Gasteiger partial charge is 0.191 e. The first kappa shape index (κ1) is 20.3. The Morgan fingerprint density at radius 1 is 1.18 bits per heavy atom. The normalized spacial score (nSPS) is 22.3. The van der Waals surface area contributed by atoms with Gasteiger partial charge in [-0.15, -0.1) is 0 Å². The van der Waals surface area contributed by atoms with Gasteiger partial charge in [0.05, 0.1) is 6.10 Å². The lowest BCUT2D eigenvalue weighted by molar-refractivity contribution is 0.0691. The molecule has 1 aliphatic rings. The molecule has 0 aliphatic carbocycles. The van der Waals surface area contributed by atoms with Crippen LogP contribution in [0.5, 0.6) is 0 Å². The number of guanidine groups is 1. The zero-order valence-electron chi connectivity index (χ0n) is 17.2. The predicted octanol–water partition coefficient (Wildman–Crippen LogP) is 4.08. The summed E-state index contributed by atoms with van der Waals surface area (Å²) in [7, 11) is 3.76. The lowest BCUT2D eigenvalue weighted by Crippen LogP contribution is -2.46. The second-order valence-electron chi connectivity index (χ2n) is 7.69. The highest BCUT2D eigenvalue weighted by Crippen LogP contribution is 2.28. The molecule has 0 aromatic heterocycles. The monoisotopic (exact) mass is 383 g/mol. The van der Waals surface area contributed by atoms with Crippen molar-refractivity contribution in [2.24, 2.45) is 10.7 Å². The standard InChI is InChI=1S/C23H30FN3O/c1-15-5-8-19(24)13-22(15)18-7-6-17(16(2)11-18)12-20-14-21(28-4)9-10-26-23(25)27(20)3/h5-8,11,13,20-21H,9-10,12,14H2,1-4H3,(H2,25,26). The lowest BCUT2D eigenvalue weighted by Gasteiger charge is -2.34. The van der Waals surface area contributed by atoms with Crippen LogP contribution in [-0.4, -0.2) is 43.7 Å². The van der Waals surface area contributed by atoms with Crippen LogP contribution in [0.2, 0.25) is 0 Å². The molecule has 0 amide bonds. The minimum absolute atomic E-state index is 0.179. The van der Waals surface area contributed by atoms with Crippen molar-refractivity contribution < 1.29 is 9.13 Å². The van der Waals surface area contributed by atoms with E-state index in [0.717, 1.165) is 36.0 Å². The van der Waals surface area contributed by atoms with Crippen molar-refractivity contribution in [3.63, 3.8) is 0 Å². The quantitative estimate of drug-likeness (QED) is 0.866. The minimum Gasteiger partial charge on any atom is -0.381 e. The van der Waals surface area contributed by atoms with E-state index in [4.69, 9.17) is 10.5 Å². The number of nitrogens with zero attached hydrogens (tertiary/aromatic N) is 2. The molecule has 2 aromatic rings. The Morgan fingerprint density at radius 2 is 1.96 bits per heavy atom. The van der Waals surface area contributed by atoms with Gasteiger partial charge >= 0.3 is 0 Å². The number of halogens is 1. The van der Waals surface area contributed by atoms with Crippen LogP contribution in [0.15, 0.2) is 41.4 Å². The molecule has 3 rings (SSSR count). The second kappa shape index (κ2) is 8.74. The number of nitrogens with two attached hydrogens (primary N) is 1. The summed E-state index contributed by atoms with van der Waals surface area (Å²) < 4.78 is 19.3. The zero-order chi connectivity index (χ0) is 20.3. The van der Waals surface area contributed by atoms with Gasteiger partial charge in [0.15, 0.2) is 5.96 Å². The van der Waals surface area contributed by atoms with E-state index in [9.17, 15) is 4.39 Å². The molecule has 0 saturated heterocycles. The van der Waals surface area contributed by atoms with E-state index in [1.54, 1.807) is 13.2 Å². The van der Waals surface area contributed by atoms with Gasteiger partial charge in [-0.05, 0) is 73.1 Å². The van der Waals surface area contributed by atoms with Crippen LogP contribution >= 0.6 is 0 Å². The number of aryl methyl sites for hydroxylation is 2. The highest BCUT2D eigenvalue weighted by molar-refractivity contribution is 5.78. The second-order valence-corrected chi connectivity index (χ2v) is 7.69. The van der Waals surface area contributed by atoms with Gasteiger partial charge in [0.25, 0.3) is 0 Å². The molecule has 2 atom stereocenters. The van der Waals surface area contributed by atoms with E-state index in [0.29, 0.717) is 12.5 Å². The fourth-order valence-electron chi connectivity index (χ4n) is 3.89. The van der Waals surface area contributed by atoms with Gasteiger partial charge in [0, 0.05) is 26.7 Å². The fraction of sp³-hybridized carbons (Fsp3) is 0.435. The van der Waals surface area contributed by atoms with Crippen LogP contribution in [-0.2, 0) is 11.2 Å². The third kappa shape index (κ3) is 4.53. The maximum atomic E-state index is 13.7. The van der Waals surface area contributed by atoms with E-state index >= 15 is 0 Å². The van der Waals surface area contributed by atoms with Crippen LogP contribution < -0.4 is 5.73 Å². The van der Waals surface area contributed by atoms with Gasteiger partial charge < -0.3 is 15.4 Å². The Bertz CT molecular complexity index is 865. The van der Waals surface area contributed by atoms with Crippen molar-refractivity contribution in [2.75, 3.05) is 20.7 Å². The van der Waals surface area contributed by atoms with Crippen molar-refractivity contribution in [3.8, 4) is 11.1 Å². The highest BCUT2D eigenvalue weighted by Gasteiger charge is 2.24. The molecule has 28 heavy (non-hydrogen) atoms. The Hall–Kier alpha value is -2.40. The number of hydrogen-bond donors (Lipinski definition) is 1. The fourth-order valence-corrected chi connectivity index (χ4v) is 3.89. The van der Waals surface area contributed by atoms with Crippen LogP contribution in [0.25, 0.3) is 11.1 Å². The van der Waals surface area contributed by atoms with Gasteiger partial charge in [0.2, 0.25) is 0 Å². The Morgan fingerprint density at radius 3 is 2.68 bits per heavy atom. The van der Waals surface area contributed by atoms with Crippen LogP contribution in [0, 0.1) is 19.7 Å². The van der Waals surface area contributed by atoms with Gasteiger partial charge in [-0.3, -0.25) is 4.99 Å². The molecular formula is C23H30FN3O. The van der Waals surface area contributed by atoms with E-state index in [1.165, 1.54) is 17.2 Å². The average Bonchev–Trinajstić information content (AvgIpc) is 2.67. The Balaban J connectivity index is 1.86. The highest BCUT2D eigenvalue weighted by atomic mass is 19.1.